The first-order chi connectivity index (χ1) is 27.6. The Morgan fingerprint density at radius 3 is 1.59 bits per heavy atom. The van der Waals surface area contributed by atoms with Gasteiger partial charge in [0, 0.05) is 32.9 Å². The van der Waals surface area contributed by atoms with Crippen LogP contribution in [0.15, 0.2) is 170 Å². The summed E-state index contributed by atoms with van der Waals surface area (Å²) in [7, 11) is 0. The van der Waals surface area contributed by atoms with E-state index in [2.05, 4.69) is 0 Å². The van der Waals surface area contributed by atoms with Crippen LogP contribution in [0.1, 0.15) is 19.2 Å². The molecule has 0 atom stereocenters. The number of nitrogens with zero attached hydrogens (tertiary/aromatic N) is 2. The SMILES string of the molecule is [2H]c1cc([2H])c(-c2cc([2H])c(-n3c4c([2H])cc([2H])c([2H])c4c4c5c6c([2H])c([2H])cc([2H])c6n(-c6ccc([2H])c(-c7ccccc7)c6)c5c([2H])c([2H])c43)c([2H])c2)c([2H])c1. The molecule has 206 valence electrons. The van der Waals surface area contributed by atoms with Crippen molar-refractivity contribution in [3.8, 4) is 33.6 Å². The van der Waals surface area contributed by atoms with Crippen LogP contribution in [0.25, 0.3) is 77.2 Å². The molecule has 9 rings (SSSR count). The van der Waals surface area contributed by atoms with E-state index in [4.69, 9.17) is 11.0 Å². The first kappa shape index (κ1) is 14.5. The van der Waals surface area contributed by atoms with Gasteiger partial charge in [-0.2, -0.15) is 0 Å². The summed E-state index contributed by atoms with van der Waals surface area (Å²) in [6.07, 6.45) is 0. The molecule has 44 heavy (non-hydrogen) atoms. The highest BCUT2D eigenvalue weighted by molar-refractivity contribution is 6.28. The summed E-state index contributed by atoms with van der Waals surface area (Å²) in [5.74, 6) is 0. The molecule has 0 N–H and O–H groups in total. The second-order valence-corrected chi connectivity index (χ2v) is 10.3. The third-order valence-corrected chi connectivity index (χ3v) is 7.82. The highest BCUT2D eigenvalue weighted by atomic mass is 15.0. The fourth-order valence-electron chi connectivity index (χ4n) is 5.92. The Morgan fingerprint density at radius 1 is 0.364 bits per heavy atom. The minimum absolute atomic E-state index is 0.0198. The van der Waals surface area contributed by atoms with E-state index >= 15 is 0 Å². The number of fused-ring (bicyclic) bond motifs is 7. The van der Waals surface area contributed by atoms with Crippen molar-refractivity contribution in [1.29, 1.82) is 0 Å². The third kappa shape index (κ3) is 3.75. The average Bonchev–Trinajstić information content (AvgIpc) is 3.71. The second-order valence-electron chi connectivity index (χ2n) is 10.3. The van der Waals surface area contributed by atoms with Gasteiger partial charge in [-0.25, -0.2) is 0 Å². The van der Waals surface area contributed by atoms with E-state index in [-0.39, 0.29) is 133 Å². The summed E-state index contributed by atoms with van der Waals surface area (Å²) < 4.78 is 128. The van der Waals surface area contributed by atoms with Gasteiger partial charge in [0.05, 0.1) is 41.3 Å². The molecule has 2 nitrogen and oxygen atoms in total. The molecular weight excluding hydrogens is 532 g/mol. The molecule has 0 aliphatic rings. The van der Waals surface area contributed by atoms with E-state index in [1.807, 2.05) is 30.3 Å². The number of benzene rings is 7. The van der Waals surface area contributed by atoms with Crippen molar-refractivity contribution < 1.29 is 19.2 Å². The van der Waals surface area contributed by atoms with E-state index in [9.17, 15) is 8.22 Å². The highest BCUT2D eigenvalue weighted by Gasteiger charge is 2.20. The van der Waals surface area contributed by atoms with Crippen LogP contribution in [0, 0.1) is 0 Å². The van der Waals surface area contributed by atoms with Gasteiger partial charge in [0.15, 0.2) is 0 Å². The van der Waals surface area contributed by atoms with Crippen molar-refractivity contribution in [3.63, 3.8) is 0 Å². The normalized spacial score (nSPS) is 16.1. The van der Waals surface area contributed by atoms with Crippen LogP contribution in [-0.2, 0) is 0 Å². The van der Waals surface area contributed by atoms with Crippen LogP contribution >= 0.6 is 0 Å². The van der Waals surface area contributed by atoms with Crippen molar-refractivity contribution in [2.45, 2.75) is 0 Å². The van der Waals surface area contributed by atoms with E-state index < -0.39 is 12.1 Å². The zero-order chi connectivity index (χ0) is 41.2. The Hall–Kier alpha value is -5.86. The van der Waals surface area contributed by atoms with Gasteiger partial charge in [-0.15, -0.1) is 0 Å². The van der Waals surface area contributed by atoms with Gasteiger partial charge in [-0.3, -0.25) is 0 Å². The lowest BCUT2D eigenvalue weighted by Crippen LogP contribution is -1.95. The predicted molar refractivity (Wildman–Crippen MR) is 186 cm³/mol. The molecule has 0 amide bonds. The summed E-state index contributed by atoms with van der Waals surface area (Å²) in [5.41, 5.74) is 1.82. The second kappa shape index (κ2) is 9.86. The van der Waals surface area contributed by atoms with Crippen molar-refractivity contribution in [2.75, 3.05) is 0 Å². The lowest BCUT2D eigenvalue weighted by atomic mass is 10.0. The van der Waals surface area contributed by atoms with Gasteiger partial charge < -0.3 is 9.13 Å². The van der Waals surface area contributed by atoms with Crippen LogP contribution < -0.4 is 0 Å². The smallest absolute Gasteiger partial charge is 0.0646 e. The van der Waals surface area contributed by atoms with Crippen molar-refractivity contribution in [2.24, 2.45) is 0 Å². The number of para-hydroxylation sites is 2. The quantitative estimate of drug-likeness (QED) is 0.198. The highest BCUT2D eigenvalue weighted by Crippen LogP contribution is 2.42. The van der Waals surface area contributed by atoms with Crippen LogP contribution in [0.5, 0.6) is 0 Å². The molecule has 0 saturated carbocycles. The standard InChI is InChI=1S/C42H28N2/c1-3-12-29(13-4-1)31-22-24-33(25-23-31)43-37-20-9-7-18-35(37)41-39(43)26-27-40-42(41)36-19-8-10-21-38(36)44(40)34-17-11-16-32(28-34)30-14-5-2-6-15-30/h1-28H/i1D,7D,8D,12D,13D,16D,18D,19D,20D,21D,24D,25D,26D,27D. The van der Waals surface area contributed by atoms with Crippen molar-refractivity contribution >= 4 is 43.6 Å². The molecule has 2 heteroatoms. The lowest BCUT2D eigenvalue weighted by molar-refractivity contribution is 1.17. The molecule has 7 aromatic carbocycles. The number of hydrogen-bond acceptors (Lipinski definition) is 0. The molecule has 0 aliphatic carbocycles. The van der Waals surface area contributed by atoms with Gasteiger partial charge in [0.1, 0.15) is 0 Å². The van der Waals surface area contributed by atoms with Crippen LogP contribution in [0.4, 0.5) is 0 Å². The summed E-state index contributed by atoms with van der Waals surface area (Å²) >= 11 is 0. The number of rotatable bonds is 4. The zero-order valence-electron chi connectivity index (χ0n) is 37.0. The Morgan fingerprint density at radius 2 is 0.932 bits per heavy atom. The number of hydrogen-bond donors (Lipinski definition) is 0. The first-order valence-corrected chi connectivity index (χ1v) is 14.0. The molecule has 0 fully saturated rings. The van der Waals surface area contributed by atoms with Crippen LogP contribution in [-0.4, -0.2) is 9.13 Å². The molecule has 9 aromatic rings. The maximum absolute atomic E-state index is 9.64. The molecular formula is C42H28N2. The zero-order valence-corrected chi connectivity index (χ0v) is 23.0. The molecule has 0 bridgehead atoms. The average molecular weight is 575 g/mol. The molecule has 2 heterocycles. The van der Waals surface area contributed by atoms with Gasteiger partial charge >= 0.3 is 0 Å². The minimum Gasteiger partial charge on any atom is -0.309 e. The molecule has 0 saturated heterocycles. The minimum atomic E-state index is -0.437. The van der Waals surface area contributed by atoms with Gasteiger partial charge in [-0.1, -0.05) is 121 Å². The molecule has 2 aromatic heterocycles. The Balaban J connectivity index is 1.50. The maximum atomic E-state index is 9.64. The van der Waals surface area contributed by atoms with Crippen LogP contribution in [0.3, 0.4) is 0 Å². The fourth-order valence-corrected chi connectivity index (χ4v) is 5.92. The van der Waals surface area contributed by atoms with Gasteiger partial charge in [0.2, 0.25) is 0 Å². The first-order valence-electron chi connectivity index (χ1n) is 21.0. The van der Waals surface area contributed by atoms with E-state index in [0.29, 0.717) is 11.3 Å². The summed E-state index contributed by atoms with van der Waals surface area (Å²) in [5, 5.41) is 0.213. The fraction of sp³-hybridized carbons (Fsp3) is 0. The van der Waals surface area contributed by atoms with Gasteiger partial charge in [-0.05, 0) is 70.6 Å². The molecule has 0 unspecified atom stereocenters. The monoisotopic (exact) mass is 574 g/mol. The predicted octanol–water partition coefficient (Wildman–Crippen LogP) is 11.2. The van der Waals surface area contributed by atoms with Gasteiger partial charge in [0.25, 0.3) is 0 Å². The topological polar surface area (TPSA) is 9.86 Å². The lowest BCUT2D eigenvalue weighted by Gasteiger charge is -2.11. The van der Waals surface area contributed by atoms with Crippen LogP contribution in [0.2, 0.25) is 0 Å². The largest absolute Gasteiger partial charge is 0.309 e. The summed E-state index contributed by atoms with van der Waals surface area (Å²) in [6.45, 7) is 0. The molecule has 0 radical (unpaired) electrons. The van der Waals surface area contributed by atoms with E-state index in [1.54, 1.807) is 22.8 Å². The van der Waals surface area contributed by atoms with Crippen molar-refractivity contribution in [1.82, 2.24) is 9.13 Å². The summed E-state index contributed by atoms with van der Waals surface area (Å²) in [4.78, 5) is 0. The van der Waals surface area contributed by atoms with E-state index in [0.717, 1.165) is 11.6 Å². The Kier molecular flexibility index (Phi) is 3.26. The third-order valence-electron chi connectivity index (χ3n) is 7.82. The van der Waals surface area contributed by atoms with Crippen molar-refractivity contribution in [3.05, 3.63) is 170 Å². The molecule has 0 spiro atoms. The Bertz CT molecular complexity index is 3230. The maximum Gasteiger partial charge on any atom is 0.0646 e. The number of aromatic nitrogens is 2. The summed E-state index contributed by atoms with van der Waals surface area (Å²) in [6, 6.07) is 18.3. The van der Waals surface area contributed by atoms with E-state index in [1.165, 1.54) is 34.9 Å². The Labute approximate surface area is 275 Å². The molecule has 0 aliphatic heterocycles.